The van der Waals surface area contributed by atoms with E-state index in [1.807, 2.05) is 54.6 Å². The maximum atomic E-state index is 12.9. The Morgan fingerprint density at radius 1 is 1.14 bits per heavy atom. The van der Waals surface area contributed by atoms with Gasteiger partial charge in [0.05, 0.1) is 16.8 Å². The summed E-state index contributed by atoms with van der Waals surface area (Å²) in [5.74, 6) is -0.866. The third-order valence-electron chi connectivity index (χ3n) is 4.99. The van der Waals surface area contributed by atoms with Crippen LogP contribution in [0.3, 0.4) is 0 Å². The number of benzene rings is 2. The van der Waals surface area contributed by atoms with Gasteiger partial charge >= 0.3 is 5.97 Å². The number of nitrogens with zero attached hydrogens (tertiary/aromatic N) is 1. The first-order chi connectivity index (χ1) is 14.1. The predicted octanol–water partition coefficient (Wildman–Crippen LogP) is 4.28. The van der Waals surface area contributed by atoms with Crippen LogP contribution in [0.5, 0.6) is 0 Å². The van der Waals surface area contributed by atoms with E-state index in [1.54, 1.807) is 0 Å². The van der Waals surface area contributed by atoms with Crippen molar-refractivity contribution in [2.24, 2.45) is 0 Å². The van der Waals surface area contributed by atoms with E-state index in [-0.39, 0.29) is 12.5 Å². The van der Waals surface area contributed by atoms with Crippen LogP contribution >= 0.6 is 11.6 Å². The smallest absolute Gasteiger partial charge is 0.339 e. The summed E-state index contributed by atoms with van der Waals surface area (Å²) in [6.07, 6.45) is 3.45. The van der Waals surface area contributed by atoms with Gasteiger partial charge in [-0.1, -0.05) is 48.0 Å². The number of halogens is 1. The zero-order valence-electron chi connectivity index (χ0n) is 15.9. The Morgan fingerprint density at radius 2 is 1.90 bits per heavy atom. The summed E-state index contributed by atoms with van der Waals surface area (Å²) in [4.78, 5) is 29.2. The first-order valence-electron chi connectivity index (χ1n) is 9.33. The number of hydrogen-bond donors (Lipinski definition) is 1. The van der Waals surface area contributed by atoms with Crippen molar-refractivity contribution in [3.63, 3.8) is 0 Å². The van der Waals surface area contributed by atoms with Crippen LogP contribution in [-0.2, 0) is 16.0 Å². The second-order valence-corrected chi connectivity index (χ2v) is 7.18. The van der Waals surface area contributed by atoms with Gasteiger partial charge in [0.15, 0.2) is 6.61 Å². The summed E-state index contributed by atoms with van der Waals surface area (Å²) < 4.78 is 5.27. The molecule has 0 bridgehead atoms. The lowest BCUT2D eigenvalue weighted by molar-refractivity contribution is -0.123. The minimum absolute atomic E-state index is 0.316. The van der Waals surface area contributed by atoms with Crippen molar-refractivity contribution >= 4 is 46.0 Å². The molecule has 1 aliphatic carbocycles. The Morgan fingerprint density at radius 3 is 2.69 bits per heavy atom. The highest BCUT2D eigenvalue weighted by atomic mass is 35.5. The molecule has 0 saturated carbocycles. The molecule has 0 fully saturated rings. The normalized spacial score (nSPS) is 14.1. The minimum atomic E-state index is -0.512. The molecular formula is C23H19ClN2O3. The molecule has 0 radical (unpaired) electrons. The molecule has 0 unspecified atom stereocenters. The number of para-hydroxylation sites is 1. The highest BCUT2D eigenvalue weighted by Crippen LogP contribution is 2.38. The lowest BCUT2D eigenvalue weighted by atomic mass is 10.0. The number of rotatable bonds is 4. The van der Waals surface area contributed by atoms with Crippen LogP contribution in [0.4, 0.5) is 0 Å². The molecule has 4 rings (SSSR count). The third-order valence-corrected chi connectivity index (χ3v) is 5.34. The molecule has 1 N–H and O–H groups in total. The second-order valence-electron chi connectivity index (χ2n) is 6.77. The minimum Gasteiger partial charge on any atom is -0.452 e. The summed E-state index contributed by atoms with van der Waals surface area (Å²) in [5, 5.41) is 3.85. The average molecular weight is 407 g/mol. The lowest BCUT2D eigenvalue weighted by Crippen LogP contribution is -2.25. The van der Waals surface area contributed by atoms with E-state index < -0.39 is 5.97 Å². The van der Waals surface area contributed by atoms with Gasteiger partial charge in [0.25, 0.3) is 5.91 Å². The largest absolute Gasteiger partial charge is 0.452 e. The van der Waals surface area contributed by atoms with Crippen LogP contribution in [0.25, 0.3) is 22.6 Å². The van der Waals surface area contributed by atoms with Crippen molar-refractivity contribution in [2.45, 2.75) is 12.8 Å². The molecule has 0 aliphatic heterocycles. The number of amides is 1. The molecule has 1 heterocycles. The standard InChI is InChI=1S/C23H19ClN2O3/c1-25-20(27)13-29-23(28)21-16-7-3-5-9-19(16)26-22-15(10-11-17(21)22)12-14-6-2-4-8-18(14)24/h2-9,12H,10-11,13H2,1H3,(H,25,27)/b15-12+. The van der Waals surface area contributed by atoms with E-state index in [2.05, 4.69) is 5.32 Å². The SMILES string of the molecule is CNC(=O)COC(=O)c1c2c(nc3ccccc13)/C(=C/c1ccccc1Cl)CC2. The van der Waals surface area contributed by atoms with Crippen molar-refractivity contribution < 1.29 is 14.3 Å². The summed E-state index contributed by atoms with van der Waals surface area (Å²) in [7, 11) is 1.50. The number of hydrogen-bond acceptors (Lipinski definition) is 4. The molecule has 1 aromatic heterocycles. The average Bonchev–Trinajstić information content (AvgIpc) is 3.13. The van der Waals surface area contributed by atoms with Crippen molar-refractivity contribution in [1.29, 1.82) is 0 Å². The molecule has 0 saturated heterocycles. The van der Waals surface area contributed by atoms with Gasteiger partial charge in [-0.25, -0.2) is 9.78 Å². The predicted molar refractivity (Wildman–Crippen MR) is 114 cm³/mol. The summed E-state index contributed by atoms with van der Waals surface area (Å²) in [5.41, 5.74) is 4.77. The summed E-state index contributed by atoms with van der Waals surface area (Å²) >= 11 is 6.31. The molecule has 1 aliphatic rings. The van der Waals surface area contributed by atoms with Crippen molar-refractivity contribution in [1.82, 2.24) is 10.3 Å². The molecule has 5 nitrogen and oxygen atoms in total. The lowest BCUT2D eigenvalue weighted by Gasteiger charge is -2.12. The fraction of sp³-hybridized carbons (Fsp3) is 0.174. The maximum Gasteiger partial charge on any atom is 0.339 e. The fourth-order valence-corrected chi connectivity index (χ4v) is 3.76. The van der Waals surface area contributed by atoms with Crippen LogP contribution < -0.4 is 5.32 Å². The number of ether oxygens (including phenoxy) is 1. The first kappa shape index (κ1) is 19.2. The highest BCUT2D eigenvalue weighted by molar-refractivity contribution is 6.32. The Labute approximate surface area is 173 Å². The molecule has 6 heteroatoms. The van der Waals surface area contributed by atoms with Gasteiger partial charge in [-0.2, -0.15) is 0 Å². The number of esters is 1. The van der Waals surface area contributed by atoms with Crippen LogP contribution in [0.1, 0.15) is 33.6 Å². The van der Waals surface area contributed by atoms with Crippen LogP contribution in [0.15, 0.2) is 48.5 Å². The Balaban J connectivity index is 1.82. The van der Waals surface area contributed by atoms with E-state index >= 15 is 0 Å². The molecule has 0 spiro atoms. The zero-order valence-corrected chi connectivity index (χ0v) is 16.6. The second kappa shape index (κ2) is 8.05. The van der Waals surface area contributed by atoms with Gasteiger partial charge in [-0.15, -0.1) is 0 Å². The van der Waals surface area contributed by atoms with Crippen LogP contribution in [-0.4, -0.2) is 30.5 Å². The van der Waals surface area contributed by atoms with Crippen molar-refractivity contribution in [2.75, 3.05) is 13.7 Å². The Bertz CT molecular complexity index is 1150. The molecule has 29 heavy (non-hydrogen) atoms. The monoisotopic (exact) mass is 406 g/mol. The highest BCUT2D eigenvalue weighted by Gasteiger charge is 2.28. The van der Waals surface area contributed by atoms with Crippen LogP contribution in [0, 0.1) is 0 Å². The molecular weight excluding hydrogens is 388 g/mol. The Kier molecular flexibility index (Phi) is 5.32. The van der Waals surface area contributed by atoms with E-state index in [1.165, 1.54) is 7.05 Å². The molecule has 3 aromatic rings. The van der Waals surface area contributed by atoms with Crippen LogP contribution in [0.2, 0.25) is 5.02 Å². The Hall–Kier alpha value is -3.18. The third kappa shape index (κ3) is 3.74. The van der Waals surface area contributed by atoms with Crippen molar-refractivity contribution in [3.05, 3.63) is 75.9 Å². The first-order valence-corrected chi connectivity index (χ1v) is 9.71. The molecule has 2 aromatic carbocycles. The quantitative estimate of drug-likeness (QED) is 0.657. The van der Waals surface area contributed by atoms with E-state index in [4.69, 9.17) is 21.3 Å². The van der Waals surface area contributed by atoms with Gasteiger partial charge in [-0.3, -0.25) is 4.79 Å². The number of aromatic nitrogens is 1. The number of allylic oxidation sites excluding steroid dienone is 1. The van der Waals surface area contributed by atoms with E-state index in [0.717, 1.165) is 34.2 Å². The zero-order chi connectivity index (χ0) is 20.4. The van der Waals surface area contributed by atoms with E-state index in [0.29, 0.717) is 22.5 Å². The number of likely N-dealkylation sites (N-methyl/N-ethyl adjacent to an activating group) is 1. The van der Waals surface area contributed by atoms with Gasteiger partial charge in [0.1, 0.15) is 0 Å². The number of carbonyl (C=O) groups excluding carboxylic acids is 2. The van der Waals surface area contributed by atoms with Gasteiger partial charge in [-0.05, 0) is 47.8 Å². The summed E-state index contributed by atoms with van der Waals surface area (Å²) in [6, 6.07) is 15.1. The van der Waals surface area contributed by atoms with Gasteiger partial charge in [0.2, 0.25) is 0 Å². The van der Waals surface area contributed by atoms with Crippen molar-refractivity contribution in [3.8, 4) is 0 Å². The number of pyridine rings is 1. The molecule has 146 valence electrons. The topological polar surface area (TPSA) is 68.3 Å². The summed E-state index contributed by atoms with van der Waals surface area (Å²) in [6.45, 7) is -0.316. The van der Waals surface area contributed by atoms with Gasteiger partial charge in [0, 0.05) is 17.5 Å². The van der Waals surface area contributed by atoms with Gasteiger partial charge < -0.3 is 10.1 Å². The van der Waals surface area contributed by atoms with E-state index in [9.17, 15) is 9.59 Å². The molecule has 0 atom stereocenters. The maximum absolute atomic E-state index is 12.9. The number of carbonyl (C=O) groups is 2. The number of fused-ring (bicyclic) bond motifs is 2. The molecule has 1 amide bonds. The fourth-order valence-electron chi connectivity index (χ4n) is 3.57. The number of nitrogens with one attached hydrogen (secondary N) is 1.